The molecule has 6 unspecified atom stereocenters. The minimum atomic E-state index is -5.29. The molecule has 18 heteroatoms. The second-order valence-corrected chi connectivity index (χ2v) is 12.4. The molecule has 45 heavy (non-hydrogen) atoms. The standard InChI is InChI=1S/C18H25F9O4.C9H15F3O2/c1-5-13(2,16(19,20)21)12(28)31-11-7-9(14(3,29)17(22,23)24)6-10(8-11)15(4,30)18(25,26)27;1-5-8(3,4)7(13)14-6(2)9(10,11)12/h9-11,29-30H,5-8H2,1-4H3;6H,5H2,1-4H3. The van der Waals surface area contributed by atoms with E-state index in [1.807, 2.05) is 0 Å². The highest BCUT2D eigenvalue weighted by molar-refractivity contribution is 5.77. The Hall–Kier alpha value is -1.98. The molecule has 2 N–H and O–H groups in total. The highest BCUT2D eigenvalue weighted by atomic mass is 19.4. The molecule has 0 spiro atoms. The van der Waals surface area contributed by atoms with E-state index in [0.29, 0.717) is 27.2 Å². The fraction of sp³-hybridized carbons (Fsp3) is 0.926. The van der Waals surface area contributed by atoms with Gasteiger partial charge >= 0.3 is 36.6 Å². The Balaban J connectivity index is 0.00000116. The van der Waals surface area contributed by atoms with Crippen LogP contribution < -0.4 is 0 Å². The molecular formula is C27H40F12O6. The van der Waals surface area contributed by atoms with E-state index in [1.54, 1.807) is 20.8 Å². The van der Waals surface area contributed by atoms with Crippen LogP contribution in [0.5, 0.6) is 0 Å². The van der Waals surface area contributed by atoms with Crippen molar-refractivity contribution < 1.29 is 82.0 Å². The Bertz CT molecular complexity index is 964. The SMILES string of the molecule is CCC(C)(C(=O)OC1CC(C(C)(O)C(F)(F)F)CC(C(C)(O)C(F)(F)F)C1)C(F)(F)F.CCC(C)(C)C(=O)OC(C)C(F)(F)F. The topological polar surface area (TPSA) is 93.1 Å². The lowest BCUT2D eigenvalue weighted by atomic mass is 9.67. The van der Waals surface area contributed by atoms with Crippen molar-refractivity contribution in [1.82, 2.24) is 0 Å². The fourth-order valence-corrected chi connectivity index (χ4v) is 4.02. The number of ether oxygens (including phenoxy) is 2. The summed E-state index contributed by atoms with van der Waals surface area (Å²) in [4.78, 5) is 23.4. The third-order valence-corrected chi connectivity index (χ3v) is 8.64. The quantitative estimate of drug-likeness (QED) is 0.200. The molecule has 0 heterocycles. The Morgan fingerprint density at radius 1 is 0.667 bits per heavy atom. The summed E-state index contributed by atoms with van der Waals surface area (Å²) in [7, 11) is 0. The Labute approximate surface area is 252 Å². The Kier molecular flexibility index (Phi) is 13.4. The Morgan fingerprint density at radius 2 is 1.04 bits per heavy atom. The number of halogens is 12. The second kappa shape index (κ2) is 14.0. The van der Waals surface area contributed by atoms with E-state index in [4.69, 9.17) is 4.74 Å². The summed E-state index contributed by atoms with van der Waals surface area (Å²) in [5, 5.41) is 19.9. The summed E-state index contributed by atoms with van der Waals surface area (Å²) in [5.74, 6) is -6.62. The summed E-state index contributed by atoms with van der Waals surface area (Å²) < 4.78 is 165. The molecule has 6 nitrogen and oxygen atoms in total. The second-order valence-electron chi connectivity index (χ2n) is 12.4. The first-order chi connectivity index (χ1) is 19.6. The van der Waals surface area contributed by atoms with Crippen molar-refractivity contribution in [2.24, 2.45) is 22.7 Å². The molecule has 268 valence electrons. The van der Waals surface area contributed by atoms with Crippen LogP contribution in [0.25, 0.3) is 0 Å². The minimum Gasteiger partial charge on any atom is -0.462 e. The van der Waals surface area contributed by atoms with Gasteiger partial charge in [-0.3, -0.25) is 9.59 Å². The van der Waals surface area contributed by atoms with Gasteiger partial charge in [-0.1, -0.05) is 13.8 Å². The van der Waals surface area contributed by atoms with E-state index in [9.17, 15) is 72.5 Å². The Morgan fingerprint density at radius 3 is 1.31 bits per heavy atom. The van der Waals surface area contributed by atoms with Crippen molar-refractivity contribution in [3.05, 3.63) is 0 Å². The van der Waals surface area contributed by atoms with Crippen LogP contribution >= 0.6 is 0 Å². The molecule has 0 amide bonds. The average molecular weight is 689 g/mol. The lowest BCUT2D eigenvalue weighted by Crippen LogP contribution is -2.57. The molecule has 1 aliphatic carbocycles. The molecule has 0 aromatic heterocycles. The molecule has 1 saturated carbocycles. The first-order valence-corrected chi connectivity index (χ1v) is 13.8. The van der Waals surface area contributed by atoms with Gasteiger partial charge in [-0.25, -0.2) is 0 Å². The van der Waals surface area contributed by atoms with Crippen LogP contribution in [0.2, 0.25) is 0 Å². The molecule has 0 aliphatic heterocycles. The number of hydrogen-bond acceptors (Lipinski definition) is 6. The van der Waals surface area contributed by atoms with Gasteiger partial charge in [0.05, 0.1) is 5.41 Å². The van der Waals surface area contributed by atoms with E-state index in [2.05, 4.69) is 4.74 Å². The smallest absolute Gasteiger partial charge is 0.425 e. The van der Waals surface area contributed by atoms with E-state index >= 15 is 0 Å². The molecule has 0 aromatic rings. The molecule has 1 aliphatic rings. The van der Waals surface area contributed by atoms with Crippen molar-refractivity contribution in [1.29, 1.82) is 0 Å². The summed E-state index contributed by atoms with van der Waals surface area (Å²) in [6.07, 6.45) is -27.0. The van der Waals surface area contributed by atoms with Crippen LogP contribution in [0.1, 0.15) is 87.5 Å². The monoisotopic (exact) mass is 688 g/mol. The normalized spacial score (nSPS) is 25.0. The fourth-order valence-electron chi connectivity index (χ4n) is 4.02. The summed E-state index contributed by atoms with van der Waals surface area (Å²) in [5.41, 5.74) is -11.0. The van der Waals surface area contributed by atoms with Crippen molar-refractivity contribution in [3.8, 4) is 0 Å². The van der Waals surface area contributed by atoms with Crippen molar-refractivity contribution in [2.45, 2.75) is 136 Å². The summed E-state index contributed by atoms with van der Waals surface area (Å²) in [6.45, 7) is 7.80. The van der Waals surface area contributed by atoms with Gasteiger partial charge in [0.25, 0.3) is 0 Å². The number of carbonyl (C=O) groups is 2. The van der Waals surface area contributed by atoms with Crippen molar-refractivity contribution >= 4 is 11.9 Å². The molecule has 0 aromatic carbocycles. The van der Waals surface area contributed by atoms with Crippen LogP contribution in [0, 0.1) is 22.7 Å². The maximum atomic E-state index is 13.3. The summed E-state index contributed by atoms with van der Waals surface area (Å²) >= 11 is 0. The highest BCUT2D eigenvalue weighted by Crippen LogP contribution is 2.51. The molecule has 0 radical (unpaired) electrons. The van der Waals surface area contributed by atoms with Gasteiger partial charge in [0.2, 0.25) is 0 Å². The van der Waals surface area contributed by atoms with Gasteiger partial charge in [0.1, 0.15) is 6.10 Å². The number of rotatable bonds is 8. The molecule has 6 atom stereocenters. The van der Waals surface area contributed by atoms with Gasteiger partial charge in [0.15, 0.2) is 22.7 Å². The van der Waals surface area contributed by atoms with Crippen LogP contribution in [0.3, 0.4) is 0 Å². The third kappa shape index (κ3) is 10.3. The number of hydrogen-bond donors (Lipinski definition) is 2. The molecular weight excluding hydrogens is 648 g/mol. The van der Waals surface area contributed by atoms with E-state index in [-0.39, 0.29) is 0 Å². The molecule has 1 rings (SSSR count). The van der Waals surface area contributed by atoms with Gasteiger partial charge < -0.3 is 19.7 Å². The van der Waals surface area contributed by atoms with Crippen LogP contribution in [0.4, 0.5) is 52.7 Å². The number of aliphatic hydroxyl groups is 2. The number of alkyl halides is 12. The number of carbonyl (C=O) groups excluding carboxylic acids is 2. The lowest BCUT2D eigenvalue weighted by Gasteiger charge is -2.46. The predicted octanol–water partition coefficient (Wildman–Crippen LogP) is 7.84. The summed E-state index contributed by atoms with van der Waals surface area (Å²) in [6, 6.07) is 0. The third-order valence-electron chi connectivity index (χ3n) is 8.64. The van der Waals surface area contributed by atoms with Crippen molar-refractivity contribution in [2.75, 3.05) is 0 Å². The number of esters is 2. The molecule has 0 saturated heterocycles. The largest absolute Gasteiger partial charge is 0.462 e. The maximum Gasteiger partial charge on any atom is 0.425 e. The zero-order valence-electron chi connectivity index (χ0n) is 25.9. The van der Waals surface area contributed by atoms with Gasteiger partial charge in [0, 0.05) is 11.8 Å². The zero-order valence-corrected chi connectivity index (χ0v) is 25.9. The van der Waals surface area contributed by atoms with E-state index < -0.39 is 108 Å². The van der Waals surface area contributed by atoms with Crippen LogP contribution in [0.15, 0.2) is 0 Å². The zero-order chi connectivity index (χ0) is 36.4. The van der Waals surface area contributed by atoms with Crippen LogP contribution in [-0.4, -0.2) is 70.3 Å². The van der Waals surface area contributed by atoms with Gasteiger partial charge in [-0.15, -0.1) is 0 Å². The molecule has 1 fully saturated rings. The van der Waals surface area contributed by atoms with E-state index in [1.165, 1.54) is 0 Å². The minimum absolute atomic E-state index is 0.313. The first kappa shape index (κ1) is 43.0. The maximum absolute atomic E-state index is 13.3. The average Bonchev–Trinajstić information content (AvgIpc) is 2.85. The van der Waals surface area contributed by atoms with Gasteiger partial charge in [-0.2, -0.15) is 52.7 Å². The first-order valence-electron chi connectivity index (χ1n) is 13.8. The van der Waals surface area contributed by atoms with Gasteiger partial charge in [-0.05, 0) is 73.6 Å². The predicted molar refractivity (Wildman–Crippen MR) is 134 cm³/mol. The molecule has 0 bridgehead atoms. The lowest BCUT2D eigenvalue weighted by molar-refractivity contribution is -0.300. The van der Waals surface area contributed by atoms with Crippen molar-refractivity contribution in [3.63, 3.8) is 0 Å². The highest BCUT2D eigenvalue weighted by Gasteiger charge is 2.63. The van der Waals surface area contributed by atoms with E-state index in [0.717, 1.165) is 13.8 Å². The van der Waals surface area contributed by atoms with Crippen LogP contribution in [-0.2, 0) is 19.1 Å².